The summed E-state index contributed by atoms with van der Waals surface area (Å²) in [5.74, 6) is -2.78. The summed E-state index contributed by atoms with van der Waals surface area (Å²) in [6, 6.07) is 35.1. The number of nitrogens with one attached hydrogen (secondary N) is 3. The molecular formula is C38H33N7O6. The van der Waals surface area contributed by atoms with Crippen molar-refractivity contribution in [1.29, 1.82) is 0 Å². The van der Waals surface area contributed by atoms with Crippen LogP contribution >= 0.6 is 0 Å². The molecule has 51 heavy (non-hydrogen) atoms. The predicted molar refractivity (Wildman–Crippen MR) is 187 cm³/mol. The van der Waals surface area contributed by atoms with Gasteiger partial charge in [0.05, 0.1) is 6.04 Å². The second-order valence-corrected chi connectivity index (χ2v) is 11.7. The van der Waals surface area contributed by atoms with Gasteiger partial charge in [-0.2, -0.15) is 5.21 Å². The van der Waals surface area contributed by atoms with E-state index in [-0.39, 0.29) is 25.3 Å². The molecule has 0 bridgehead atoms. The maximum atomic E-state index is 13.9. The number of aliphatic hydroxyl groups is 1. The molecule has 0 aliphatic heterocycles. The van der Waals surface area contributed by atoms with E-state index in [1.807, 2.05) is 66.7 Å². The summed E-state index contributed by atoms with van der Waals surface area (Å²) in [7, 11) is 0. The van der Waals surface area contributed by atoms with Gasteiger partial charge in [0, 0.05) is 36.5 Å². The number of nitrogens with zero attached hydrogens (tertiary/aromatic N) is 4. The SMILES string of the molecule is O=C(N[C@@H](Cc1ccccc1)[C@H](O)C(=O)Nc1cccc(-c2nn[nH]n2)c1)c1cc(=O)cc(C(=O)N(Cc2ccccc2)Cc2ccccc2)o1. The van der Waals surface area contributed by atoms with Gasteiger partial charge >= 0.3 is 0 Å². The van der Waals surface area contributed by atoms with Crippen LogP contribution in [-0.4, -0.2) is 60.5 Å². The zero-order valence-electron chi connectivity index (χ0n) is 27.2. The molecule has 2 atom stereocenters. The van der Waals surface area contributed by atoms with Crippen LogP contribution in [0.5, 0.6) is 0 Å². The summed E-state index contributed by atoms with van der Waals surface area (Å²) >= 11 is 0. The number of rotatable bonds is 13. The maximum absolute atomic E-state index is 13.9. The number of aromatic nitrogens is 4. The molecule has 2 heterocycles. The Morgan fingerprint density at radius 1 is 0.765 bits per heavy atom. The number of hydrogen-bond donors (Lipinski definition) is 4. The van der Waals surface area contributed by atoms with E-state index in [9.17, 15) is 24.3 Å². The normalized spacial score (nSPS) is 12.0. The molecule has 0 aliphatic rings. The summed E-state index contributed by atoms with van der Waals surface area (Å²) in [5.41, 5.74) is 2.72. The molecule has 256 valence electrons. The molecule has 4 N–H and O–H groups in total. The van der Waals surface area contributed by atoms with Gasteiger partial charge in [-0.3, -0.25) is 19.2 Å². The molecule has 0 aliphatic carbocycles. The van der Waals surface area contributed by atoms with Crippen molar-refractivity contribution in [2.45, 2.75) is 31.7 Å². The van der Waals surface area contributed by atoms with E-state index in [4.69, 9.17) is 4.42 Å². The summed E-state index contributed by atoms with van der Waals surface area (Å²) < 4.78 is 5.77. The van der Waals surface area contributed by atoms with Crippen LogP contribution in [0.1, 0.15) is 37.8 Å². The summed E-state index contributed by atoms with van der Waals surface area (Å²) in [5, 5.41) is 30.4. The fourth-order valence-corrected chi connectivity index (χ4v) is 5.43. The van der Waals surface area contributed by atoms with Crippen LogP contribution in [0.2, 0.25) is 0 Å². The first-order valence-electron chi connectivity index (χ1n) is 16.0. The third-order valence-corrected chi connectivity index (χ3v) is 7.92. The van der Waals surface area contributed by atoms with Crippen molar-refractivity contribution in [2.24, 2.45) is 0 Å². The maximum Gasteiger partial charge on any atom is 0.290 e. The molecule has 0 radical (unpaired) electrons. The zero-order chi connectivity index (χ0) is 35.6. The molecule has 0 saturated heterocycles. The number of tetrazole rings is 1. The van der Waals surface area contributed by atoms with Crippen LogP contribution in [-0.2, 0) is 24.3 Å². The van der Waals surface area contributed by atoms with Gasteiger partial charge in [-0.25, -0.2) is 0 Å². The molecule has 0 saturated carbocycles. The lowest BCUT2D eigenvalue weighted by atomic mass is 10.00. The van der Waals surface area contributed by atoms with Gasteiger partial charge in [0.2, 0.25) is 5.82 Å². The van der Waals surface area contributed by atoms with Crippen LogP contribution in [0.15, 0.2) is 137 Å². The first kappa shape index (κ1) is 34.1. The average molecular weight is 684 g/mol. The van der Waals surface area contributed by atoms with Crippen molar-refractivity contribution in [3.8, 4) is 11.4 Å². The minimum Gasteiger partial charge on any atom is -0.445 e. The van der Waals surface area contributed by atoms with Crippen LogP contribution in [0.4, 0.5) is 5.69 Å². The molecule has 4 aromatic carbocycles. The molecule has 2 aromatic heterocycles. The Balaban J connectivity index is 1.23. The largest absolute Gasteiger partial charge is 0.445 e. The van der Waals surface area contributed by atoms with Crippen LogP contribution in [0, 0.1) is 0 Å². The number of H-pyrrole nitrogens is 1. The third-order valence-electron chi connectivity index (χ3n) is 7.92. The molecule has 6 rings (SSSR count). The highest BCUT2D eigenvalue weighted by Crippen LogP contribution is 2.20. The number of aromatic amines is 1. The highest BCUT2D eigenvalue weighted by atomic mass is 16.4. The smallest absolute Gasteiger partial charge is 0.290 e. The minimum absolute atomic E-state index is 0.0504. The second kappa shape index (κ2) is 16.1. The monoisotopic (exact) mass is 683 g/mol. The number of anilines is 1. The fraction of sp³-hybridized carbons (Fsp3) is 0.132. The Kier molecular flexibility index (Phi) is 10.8. The lowest BCUT2D eigenvalue weighted by Crippen LogP contribution is -2.50. The van der Waals surface area contributed by atoms with Gasteiger partial charge < -0.3 is 25.1 Å². The van der Waals surface area contributed by atoms with Crippen molar-refractivity contribution in [1.82, 2.24) is 30.8 Å². The average Bonchev–Trinajstić information content (AvgIpc) is 3.70. The van der Waals surface area contributed by atoms with Crippen molar-refractivity contribution in [3.63, 3.8) is 0 Å². The van der Waals surface area contributed by atoms with E-state index in [0.29, 0.717) is 17.1 Å². The van der Waals surface area contributed by atoms with Gasteiger partial charge in [0.1, 0.15) is 0 Å². The van der Waals surface area contributed by atoms with Gasteiger partial charge in [-0.05, 0) is 40.5 Å². The lowest BCUT2D eigenvalue weighted by Gasteiger charge is -2.24. The van der Waals surface area contributed by atoms with Crippen LogP contribution in [0.3, 0.4) is 0 Å². The molecule has 13 heteroatoms. The molecule has 3 amide bonds. The number of benzene rings is 4. The first-order valence-corrected chi connectivity index (χ1v) is 16.0. The van der Waals surface area contributed by atoms with E-state index in [2.05, 4.69) is 31.3 Å². The lowest BCUT2D eigenvalue weighted by molar-refractivity contribution is -0.125. The summed E-state index contributed by atoms with van der Waals surface area (Å²) in [6.07, 6.45) is -1.69. The third kappa shape index (κ3) is 9.04. The molecule has 0 unspecified atom stereocenters. The van der Waals surface area contributed by atoms with Gasteiger partial charge in [0.25, 0.3) is 17.7 Å². The number of carbonyl (C=O) groups is 3. The van der Waals surface area contributed by atoms with E-state index in [1.165, 1.54) is 4.90 Å². The molecule has 0 spiro atoms. The number of carbonyl (C=O) groups excluding carboxylic acids is 3. The molecular weight excluding hydrogens is 650 g/mol. The zero-order valence-corrected chi connectivity index (χ0v) is 27.2. The quantitative estimate of drug-likeness (QED) is 0.140. The number of hydrogen-bond acceptors (Lipinski definition) is 9. The van der Waals surface area contributed by atoms with Gasteiger partial charge in [0.15, 0.2) is 23.1 Å². The van der Waals surface area contributed by atoms with Crippen LogP contribution < -0.4 is 16.1 Å². The van der Waals surface area contributed by atoms with E-state index in [0.717, 1.165) is 28.8 Å². The molecule has 6 aromatic rings. The van der Waals surface area contributed by atoms with Gasteiger partial charge in [-0.1, -0.05) is 103 Å². The highest BCUT2D eigenvalue weighted by molar-refractivity contribution is 5.97. The van der Waals surface area contributed by atoms with E-state index < -0.39 is 41.1 Å². The summed E-state index contributed by atoms with van der Waals surface area (Å²) in [4.78, 5) is 55.2. The van der Waals surface area contributed by atoms with Crippen molar-refractivity contribution < 1.29 is 23.9 Å². The fourth-order valence-electron chi connectivity index (χ4n) is 5.43. The van der Waals surface area contributed by atoms with E-state index in [1.54, 1.807) is 48.5 Å². The Morgan fingerprint density at radius 3 is 1.98 bits per heavy atom. The Bertz CT molecular complexity index is 2100. The number of aliphatic hydroxyl groups excluding tert-OH is 1. The van der Waals surface area contributed by atoms with Gasteiger partial charge in [-0.15, -0.1) is 10.2 Å². The summed E-state index contributed by atoms with van der Waals surface area (Å²) in [6.45, 7) is 0.431. The minimum atomic E-state index is -1.74. The highest BCUT2D eigenvalue weighted by Gasteiger charge is 2.30. The first-order chi connectivity index (χ1) is 24.8. The topological polar surface area (TPSA) is 183 Å². The second-order valence-electron chi connectivity index (χ2n) is 11.7. The van der Waals surface area contributed by atoms with Crippen LogP contribution in [0.25, 0.3) is 11.4 Å². The Morgan fingerprint density at radius 2 is 1.37 bits per heavy atom. The predicted octanol–water partition coefficient (Wildman–Crippen LogP) is 4.00. The van der Waals surface area contributed by atoms with Crippen molar-refractivity contribution in [3.05, 3.63) is 166 Å². The van der Waals surface area contributed by atoms with E-state index >= 15 is 0 Å². The molecule has 0 fully saturated rings. The van der Waals surface area contributed by atoms with Crippen molar-refractivity contribution in [2.75, 3.05) is 5.32 Å². The molecule has 13 nitrogen and oxygen atoms in total. The van der Waals surface area contributed by atoms with Crippen molar-refractivity contribution >= 4 is 23.4 Å². The Labute approximate surface area is 292 Å². The standard InChI is InChI=1S/C38H33N7O6/c46-30-21-32(51-33(22-30)38(50)45(23-26-13-6-2-7-14-26)24-27-15-8-3-9-16-27)36(48)40-31(19-25-11-4-1-5-12-25)34(47)37(49)39-29-18-10-17-28(20-29)35-41-43-44-42-35/h1-18,20-22,31,34,47H,19,23-24H2,(H,39,49)(H,40,48)(H,41,42,43,44)/t31-,34-/m0/s1. The number of amides is 3. The Hall–Kier alpha value is -6.73.